The van der Waals surface area contributed by atoms with Crippen LogP contribution in [0, 0.1) is 0 Å². The number of aromatic nitrogens is 3. The number of anilines is 1. The van der Waals surface area contributed by atoms with Gasteiger partial charge in [-0.25, -0.2) is 0 Å². The van der Waals surface area contributed by atoms with Gasteiger partial charge in [-0.1, -0.05) is 32.0 Å². The first-order valence-corrected chi connectivity index (χ1v) is 11.7. The number of amides is 1. The van der Waals surface area contributed by atoms with Crippen molar-refractivity contribution in [2.45, 2.75) is 44.9 Å². The topological polar surface area (TPSA) is 97.1 Å². The molecule has 1 aliphatic rings. The second kappa shape index (κ2) is 10.2. The van der Waals surface area contributed by atoms with Crippen LogP contribution >= 0.6 is 0 Å². The first-order valence-electron chi connectivity index (χ1n) is 11.7. The molecule has 174 valence electrons. The molecule has 3 aromatic rings. The highest BCUT2D eigenvalue weighted by atomic mass is 16.5. The van der Waals surface area contributed by atoms with E-state index in [1.54, 1.807) is 7.11 Å². The third kappa shape index (κ3) is 5.25. The van der Waals surface area contributed by atoms with Gasteiger partial charge >= 0.3 is 0 Å². The van der Waals surface area contributed by atoms with E-state index in [0.29, 0.717) is 36.3 Å². The molecule has 7 heteroatoms. The van der Waals surface area contributed by atoms with Gasteiger partial charge in [0.25, 0.3) is 5.91 Å². The van der Waals surface area contributed by atoms with Crippen LogP contribution < -0.4 is 5.73 Å². The lowest BCUT2D eigenvalue weighted by Gasteiger charge is -2.32. The first kappa shape index (κ1) is 23.0. The Bertz CT molecular complexity index is 1080. The van der Waals surface area contributed by atoms with Crippen molar-refractivity contribution in [3.8, 4) is 11.4 Å². The Balaban J connectivity index is 1.50. The van der Waals surface area contributed by atoms with Gasteiger partial charge in [0.1, 0.15) is 5.82 Å². The lowest BCUT2D eigenvalue weighted by molar-refractivity contribution is 0.0713. The fourth-order valence-corrected chi connectivity index (χ4v) is 4.49. The minimum absolute atomic E-state index is 0.0708. The second-order valence-corrected chi connectivity index (χ2v) is 9.05. The van der Waals surface area contributed by atoms with Crippen molar-refractivity contribution >= 4 is 11.6 Å². The number of benzene rings is 2. The number of nitrogens with zero attached hydrogens (tertiary/aromatic N) is 3. The van der Waals surface area contributed by atoms with E-state index >= 15 is 0 Å². The fraction of sp³-hybridized carbons (Fsp3) is 0.423. The van der Waals surface area contributed by atoms with E-state index in [1.807, 2.05) is 35.2 Å². The number of rotatable bonds is 7. The van der Waals surface area contributed by atoms with Crippen molar-refractivity contribution in [3.63, 3.8) is 0 Å². The highest BCUT2D eigenvalue weighted by molar-refractivity contribution is 5.95. The van der Waals surface area contributed by atoms with Crippen LogP contribution in [0.25, 0.3) is 11.4 Å². The predicted molar refractivity (Wildman–Crippen MR) is 130 cm³/mol. The summed E-state index contributed by atoms with van der Waals surface area (Å²) in [5.74, 6) is 2.31. The van der Waals surface area contributed by atoms with Crippen LogP contribution in [-0.2, 0) is 11.2 Å². The van der Waals surface area contributed by atoms with E-state index in [4.69, 9.17) is 10.5 Å². The number of carbonyl (C=O) groups is 1. The molecule has 0 atom stereocenters. The maximum Gasteiger partial charge on any atom is 0.253 e. The number of hydrogen-bond donors (Lipinski definition) is 2. The number of aromatic amines is 1. The maximum absolute atomic E-state index is 13.3. The van der Waals surface area contributed by atoms with Gasteiger partial charge in [-0.05, 0) is 60.1 Å². The Morgan fingerprint density at radius 3 is 2.55 bits per heavy atom. The fourth-order valence-electron chi connectivity index (χ4n) is 4.49. The molecule has 1 saturated heterocycles. The molecule has 7 nitrogen and oxygen atoms in total. The van der Waals surface area contributed by atoms with Crippen LogP contribution in [0.15, 0.2) is 42.5 Å². The molecule has 3 N–H and O–H groups in total. The van der Waals surface area contributed by atoms with E-state index in [2.05, 4.69) is 41.2 Å². The highest BCUT2D eigenvalue weighted by Crippen LogP contribution is 2.31. The smallest absolute Gasteiger partial charge is 0.253 e. The number of likely N-dealkylation sites (tertiary alicyclic amines) is 1. The van der Waals surface area contributed by atoms with Crippen molar-refractivity contribution < 1.29 is 9.53 Å². The molecule has 1 aliphatic heterocycles. The Kier molecular flexibility index (Phi) is 7.08. The van der Waals surface area contributed by atoms with Crippen LogP contribution in [-0.4, -0.2) is 52.8 Å². The summed E-state index contributed by atoms with van der Waals surface area (Å²) in [6, 6.07) is 14.1. The zero-order valence-corrected chi connectivity index (χ0v) is 19.7. The summed E-state index contributed by atoms with van der Waals surface area (Å²) in [6.07, 6.45) is 2.58. The van der Waals surface area contributed by atoms with Gasteiger partial charge in [0, 0.05) is 43.4 Å². The van der Waals surface area contributed by atoms with Crippen LogP contribution in [0.4, 0.5) is 5.69 Å². The van der Waals surface area contributed by atoms with Crippen molar-refractivity contribution in [1.82, 2.24) is 20.1 Å². The Hall–Kier alpha value is -3.19. The number of H-pyrrole nitrogens is 1. The molecule has 1 aromatic heterocycles. The van der Waals surface area contributed by atoms with Gasteiger partial charge in [-0.3, -0.25) is 4.79 Å². The number of ether oxygens (including phenoxy) is 1. The standard InChI is InChI=1S/C26H33N5O2/c1-17(2)22-9-6-20(16-23(22)25-28-24(29-30-25)12-15-33-3)26(32)31-13-10-19(11-14-31)18-4-7-21(27)8-5-18/h4-9,16-17,19H,10-15,27H2,1-3H3,(H,28,29,30). The van der Waals surface area contributed by atoms with Crippen molar-refractivity contribution in [1.29, 1.82) is 0 Å². The SMILES string of the molecule is COCCc1nnc(-c2cc(C(=O)N3CCC(c4ccc(N)cc4)CC3)ccc2C(C)C)[nH]1. The Morgan fingerprint density at radius 2 is 1.88 bits per heavy atom. The quantitative estimate of drug-likeness (QED) is 0.524. The van der Waals surface area contributed by atoms with Crippen molar-refractivity contribution in [2.24, 2.45) is 0 Å². The first-order chi connectivity index (χ1) is 16.0. The number of methoxy groups -OCH3 is 1. The molecule has 0 aliphatic carbocycles. The Labute approximate surface area is 195 Å². The number of nitrogens with two attached hydrogens (primary N) is 1. The van der Waals surface area contributed by atoms with Gasteiger partial charge in [-0.2, -0.15) is 0 Å². The van der Waals surface area contributed by atoms with Crippen molar-refractivity contribution in [2.75, 3.05) is 32.5 Å². The third-order valence-corrected chi connectivity index (χ3v) is 6.44. The number of piperidine rings is 1. The van der Waals surface area contributed by atoms with Gasteiger partial charge in [0.2, 0.25) is 0 Å². The second-order valence-electron chi connectivity index (χ2n) is 9.05. The van der Waals surface area contributed by atoms with E-state index in [9.17, 15) is 4.79 Å². The van der Waals surface area contributed by atoms with E-state index < -0.39 is 0 Å². The molecular weight excluding hydrogens is 414 g/mol. The molecule has 4 rings (SSSR count). The van der Waals surface area contributed by atoms with Gasteiger partial charge in [0.15, 0.2) is 5.82 Å². The van der Waals surface area contributed by atoms with Gasteiger partial charge < -0.3 is 20.4 Å². The molecule has 0 unspecified atom stereocenters. The average molecular weight is 448 g/mol. The third-order valence-electron chi connectivity index (χ3n) is 6.44. The largest absolute Gasteiger partial charge is 0.399 e. The molecule has 0 saturated carbocycles. The van der Waals surface area contributed by atoms with Crippen LogP contribution in [0.5, 0.6) is 0 Å². The lowest BCUT2D eigenvalue weighted by Crippen LogP contribution is -2.38. The summed E-state index contributed by atoms with van der Waals surface area (Å²) in [5, 5.41) is 8.60. The minimum Gasteiger partial charge on any atom is -0.399 e. The molecule has 1 amide bonds. The number of nitrogen functional groups attached to an aromatic ring is 1. The molecule has 1 fully saturated rings. The van der Waals surface area contributed by atoms with Gasteiger partial charge in [-0.15, -0.1) is 10.2 Å². The minimum atomic E-state index is 0.0708. The summed E-state index contributed by atoms with van der Waals surface area (Å²) in [7, 11) is 1.67. The van der Waals surface area contributed by atoms with Crippen molar-refractivity contribution in [3.05, 3.63) is 65.0 Å². The summed E-state index contributed by atoms with van der Waals surface area (Å²) in [4.78, 5) is 18.6. The van der Waals surface area contributed by atoms with Crippen LogP contribution in [0.3, 0.4) is 0 Å². The summed E-state index contributed by atoms with van der Waals surface area (Å²) < 4.78 is 5.14. The van der Waals surface area contributed by atoms with E-state index in [1.165, 1.54) is 5.56 Å². The molecule has 2 aromatic carbocycles. The normalized spacial score (nSPS) is 14.7. The van der Waals surface area contributed by atoms with Gasteiger partial charge in [0.05, 0.1) is 6.61 Å². The van der Waals surface area contributed by atoms with Crippen LogP contribution in [0.2, 0.25) is 0 Å². The van der Waals surface area contributed by atoms with E-state index in [0.717, 1.165) is 48.6 Å². The zero-order chi connectivity index (χ0) is 23.4. The highest BCUT2D eigenvalue weighted by Gasteiger charge is 2.25. The number of hydrogen-bond acceptors (Lipinski definition) is 5. The average Bonchev–Trinajstić information content (AvgIpc) is 3.31. The molecule has 33 heavy (non-hydrogen) atoms. The lowest BCUT2D eigenvalue weighted by atomic mass is 9.89. The van der Waals surface area contributed by atoms with Crippen LogP contribution in [0.1, 0.15) is 65.8 Å². The summed E-state index contributed by atoms with van der Waals surface area (Å²) >= 11 is 0. The zero-order valence-electron chi connectivity index (χ0n) is 19.7. The molecule has 0 bridgehead atoms. The molecule has 0 radical (unpaired) electrons. The van der Waals surface area contributed by atoms with E-state index in [-0.39, 0.29) is 5.91 Å². The monoisotopic (exact) mass is 447 g/mol. The maximum atomic E-state index is 13.3. The molecule has 0 spiro atoms. The summed E-state index contributed by atoms with van der Waals surface area (Å²) in [6.45, 7) is 6.36. The number of nitrogens with one attached hydrogen (secondary N) is 1. The Morgan fingerprint density at radius 1 is 1.15 bits per heavy atom. The molecular formula is C26H33N5O2. The predicted octanol–water partition coefficient (Wildman–Crippen LogP) is 4.39. The molecule has 2 heterocycles. The summed E-state index contributed by atoms with van der Waals surface area (Å²) in [5.41, 5.74) is 10.7. The number of carbonyl (C=O) groups excluding carboxylic acids is 1.